The summed E-state index contributed by atoms with van der Waals surface area (Å²) < 4.78 is 0.790. The van der Waals surface area contributed by atoms with Crippen LogP contribution in [0.3, 0.4) is 0 Å². The van der Waals surface area contributed by atoms with Crippen LogP contribution in [0.2, 0.25) is 0 Å². The van der Waals surface area contributed by atoms with Crippen LogP contribution >= 0.6 is 15.9 Å². The van der Waals surface area contributed by atoms with Gasteiger partial charge in [0.15, 0.2) is 5.54 Å². The third kappa shape index (κ3) is 2.81. The highest BCUT2D eigenvalue weighted by atomic mass is 79.9. The van der Waals surface area contributed by atoms with E-state index in [-0.39, 0.29) is 6.04 Å². The smallest absolute Gasteiger partial charge is 0.334 e. The van der Waals surface area contributed by atoms with Gasteiger partial charge >= 0.3 is 5.97 Å². The summed E-state index contributed by atoms with van der Waals surface area (Å²) in [4.78, 5) is 24.6. The average Bonchev–Trinajstić information content (AvgIpc) is 2.34. The van der Waals surface area contributed by atoms with Gasteiger partial charge in [-0.2, -0.15) is 0 Å². The van der Waals surface area contributed by atoms with Crippen molar-refractivity contribution in [2.75, 3.05) is 0 Å². The first-order valence-corrected chi connectivity index (χ1v) is 6.92. The molecule has 4 nitrogen and oxygen atoms in total. The van der Waals surface area contributed by atoms with E-state index in [0.717, 1.165) is 4.47 Å². The molecule has 0 fully saturated rings. The summed E-state index contributed by atoms with van der Waals surface area (Å²) in [5.41, 5.74) is -0.739. The largest absolute Gasteiger partial charge is 0.479 e. The molecule has 0 saturated carbocycles. The minimum Gasteiger partial charge on any atom is -0.479 e. The van der Waals surface area contributed by atoms with Crippen molar-refractivity contribution in [3.8, 4) is 0 Å². The third-order valence-corrected chi connectivity index (χ3v) is 3.77. The fourth-order valence-corrected chi connectivity index (χ4v) is 2.72. The summed E-state index contributed by atoms with van der Waals surface area (Å²) in [7, 11) is 0. The van der Waals surface area contributed by atoms with Crippen LogP contribution in [-0.4, -0.2) is 28.4 Å². The van der Waals surface area contributed by atoms with E-state index in [4.69, 9.17) is 0 Å². The SMILES string of the molecule is CCC(C(=O)O)(c1cccc(Br)c1)N(C=O)C(C)C. The van der Waals surface area contributed by atoms with Gasteiger partial charge in [0.1, 0.15) is 0 Å². The Hall–Kier alpha value is -1.36. The number of benzene rings is 1. The highest BCUT2D eigenvalue weighted by molar-refractivity contribution is 9.10. The molecule has 1 aromatic carbocycles. The van der Waals surface area contributed by atoms with Crippen molar-refractivity contribution < 1.29 is 14.7 Å². The number of carboxylic acids is 1. The molecule has 1 atom stereocenters. The van der Waals surface area contributed by atoms with Crippen molar-refractivity contribution in [3.63, 3.8) is 0 Å². The quantitative estimate of drug-likeness (QED) is 0.817. The second-order valence-corrected chi connectivity index (χ2v) is 5.55. The van der Waals surface area contributed by atoms with Crippen molar-refractivity contribution in [1.29, 1.82) is 0 Å². The summed E-state index contributed by atoms with van der Waals surface area (Å²) in [6.07, 6.45) is 0.916. The standard InChI is InChI=1S/C14H18BrNO3/c1-4-14(13(18)19,16(9-17)10(2)3)11-6-5-7-12(15)8-11/h5-10H,4H2,1-3H3,(H,18,19). The highest BCUT2D eigenvalue weighted by Gasteiger charge is 2.45. The van der Waals surface area contributed by atoms with Crippen LogP contribution in [0.1, 0.15) is 32.8 Å². The van der Waals surface area contributed by atoms with Gasteiger partial charge in [-0.1, -0.05) is 35.0 Å². The molecular weight excluding hydrogens is 310 g/mol. The predicted molar refractivity (Wildman–Crippen MR) is 76.8 cm³/mol. The van der Waals surface area contributed by atoms with Gasteiger partial charge < -0.3 is 10.0 Å². The van der Waals surface area contributed by atoms with E-state index in [1.165, 1.54) is 4.90 Å². The molecule has 0 aliphatic carbocycles. The zero-order valence-corrected chi connectivity index (χ0v) is 12.8. The Bertz CT molecular complexity index is 476. The molecule has 0 spiro atoms. The van der Waals surface area contributed by atoms with Gasteiger partial charge in [0.25, 0.3) is 0 Å². The first-order chi connectivity index (χ1) is 8.90. The van der Waals surface area contributed by atoms with E-state index >= 15 is 0 Å². The van der Waals surface area contributed by atoms with Gasteiger partial charge in [-0.25, -0.2) is 4.79 Å². The van der Waals surface area contributed by atoms with E-state index in [1.807, 2.05) is 6.07 Å². The van der Waals surface area contributed by atoms with Crippen LogP contribution in [-0.2, 0) is 15.1 Å². The van der Waals surface area contributed by atoms with Crippen LogP contribution in [0, 0.1) is 0 Å². The second-order valence-electron chi connectivity index (χ2n) is 4.64. The molecule has 1 aromatic rings. The number of nitrogens with zero attached hydrogens (tertiary/aromatic N) is 1. The summed E-state index contributed by atoms with van der Waals surface area (Å²) in [6, 6.07) is 6.88. The van der Waals surface area contributed by atoms with Gasteiger partial charge in [-0.3, -0.25) is 4.79 Å². The molecule has 104 valence electrons. The number of amides is 1. The summed E-state index contributed by atoms with van der Waals surface area (Å²) >= 11 is 3.34. The lowest BCUT2D eigenvalue weighted by atomic mass is 9.84. The number of rotatable bonds is 6. The number of halogens is 1. The highest BCUT2D eigenvalue weighted by Crippen LogP contribution is 2.34. The van der Waals surface area contributed by atoms with Crippen molar-refractivity contribution in [1.82, 2.24) is 4.90 Å². The predicted octanol–water partition coefficient (Wildman–Crippen LogP) is 3.01. The molecule has 0 aromatic heterocycles. The Labute approximate surface area is 121 Å². The van der Waals surface area contributed by atoms with Crippen LogP contribution < -0.4 is 0 Å². The number of hydrogen-bond acceptors (Lipinski definition) is 2. The monoisotopic (exact) mass is 327 g/mol. The maximum absolute atomic E-state index is 11.9. The minimum atomic E-state index is -1.33. The molecule has 5 heteroatoms. The molecule has 1 N–H and O–H groups in total. The molecule has 19 heavy (non-hydrogen) atoms. The van der Waals surface area contributed by atoms with Crippen molar-refractivity contribution in [3.05, 3.63) is 34.3 Å². The molecule has 1 unspecified atom stereocenters. The first kappa shape index (κ1) is 15.7. The summed E-state index contributed by atoms with van der Waals surface area (Å²) in [6.45, 7) is 5.38. The Morgan fingerprint density at radius 2 is 2.16 bits per heavy atom. The fourth-order valence-electron chi connectivity index (χ4n) is 2.32. The number of aliphatic carboxylic acids is 1. The van der Waals surface area contributed by atoms with E-state index in [2.05, 4.69) is 15.9 Å². The van der Waals surface area contributed by atoms with Gasteiger partial charge in [-0.15, -0.1) is 0 Å². The molecule has 0 aliphatic rings. The summed E-state index contributed by atoms with van der Waals surface area (Å²) in [5.74, 6) is -1.02. The lowest BCUT2D eigenvalue weighted by Gasteiger charge is -2.40. The van der Waals surface area contributed by atoms with E-state index in [0.29, 0.717) is 18.4 Å². The van der Waals surface area contributed by atoms with E-state index < -0.39 is 11.5 Å². The lowest BCUT2D eigenvalue weighted by Crippen LogP contribution is -2.54. The Morgan fingerprint density at radius 3 is 2.53 bits per heavy atom. The number of carbonyl (C=O) groups is 2. The number of hydrogen-bond donors (Lipinski definition) is 1. The minimum absolute atomic E-state index is 0.201. The number of carbonyl (C=O) groups excluding carboxylic acids is 1. The Kier molecular flexibility index (Phi) is 5.11. The fraction of sp³-hybridized carbons (Fsp3) is 0.429. The van der Waals surface area contributed by atoms with Crippen LogP contribution in [0.4, 0.5) is 0 Å². The third-order valence-electron chi connectivity index (χ3n) is 3.28. The normalized spacial score (nSPS) is 13.9. The van der Waals surface area contributed by atoms with Gasteiger partial charge in [-0.05, 0) is 38.0 Å². The molecular formula is C14H18BrNO3. The zero-order valence-electron chi connectivity index (χ0n) is 11.3. The maximum Gasteiger partial charge on any atom is 0.334 e. The Morgan fingerprint density at radius 1 is 1.53 bits per heavy atom. The first-order valence-electron chi connectivity index (χ1n) is 6.13. The second kappa shape index (κ2) is 6.19. The lowest BCUT2D eigenvalue weighted by molar-refractivity contribution is -0.158. The van der Waals surface area contributed by atoms with Crippen molar-refractivity contribution in [2.24, 2.45) is 0 Å². The molecule has 0 heterocycles. The molecule has 1 rings (SSSR count). The maximum atomic E-state index is 11.9. The van der Waals surface area contributed by atoms with Crippen molar-refractivity contribution in [2.45, 2.75) is 38.8 Å². The Balaban J connectivity index is 3.50. The summed E-state index contributed by atoms with van der Waals surface area (Å²) in [5, 5.41) is 9.70. The van der Waals surface area contributed by atoms with Gasteiger partial charge in [0, 0.05) is 10.5 Å². The molecule has 1 amide bonds. The van der Waals surface area contributed by atoms with Crippen LogP contribution in [0.15, 0.2) is 28.7 Å². The average molecular weight is 328 g/mol. The van der Waals surface area contributed by atoms with Crippen LogP contribution in [0.5, 0.6) is 0 Å². The van der Waals surface area contributed by atoms with E-state index in [9.17, 15) is 14.7 Å². The van der Waals surface area contributed by atoms with E-state index in [1.54, 1.807) is 39.0 Å². The van der Waals surface area contributed by atoms with Crippen molar-refractivity contribution >= 4 is 28.3 Å². The van der Waals surface area contributed by atoms with Crippen LogP contribution in [0.25, 0.3) is 0 Å². The topological polar surface area (TPSA) is 57.6 Å². The zero-order chi connectivity index (χ0) is 14.6. The van der Waals surface area contributed by atoms with Gasteiger partial charge in [0.05, 0.1) is 0 Å². The molecule has 0 bridgehead atoms. The number of carboxylic acid groups (broad SMARTS) is 1. The molecule has 0 radical (unpaired) electrons. The molecule has 0 aliphatic heterocycles. The van der Waals surface area contributed by atoms with Gasteiger partial charge in [0.2, 0.25) is 6.41 Å². The molecule has 0 saturated heterocycles.